The van der Waals surface area contributed by atoms with Crippen LogP contribution >= 0.6 is 27.5 Å². The van der Waals surface area contributed by atoms with E-state index < -0.39 is 0 Å². The van der Waals surface area contributed by atoms with E-state index in [-0.39, 0.29) is 5.95 Å². The molecule has 0 aliphatic heterocycles. The number of aromatic nitrogens is 3. The van der Waals surface area contributed by atoms with Gasteiger partial charge in [0, 0.05) is 15.6 Å². The summed E-state index contributed by atoms with van der Waals surface area (Å²) in [7, 11) is 0. The quantitative estimate of drug-likeness (QED) is 0.743. The SMILES string of the molecule is Nc1nc(-c2ccccc2)nc(-c2ccc(Cl)c(Br)c2)n1. The van der Waals surface area contributed by atoms with Crippen LogP contribution < -0.4 is 5.73 Å². The van der Waals surface area contributed by atoms with Crippen LogP contribution in [0.25, 0.3) is 22.8 Å². The molecule has 0 spiro atoms. The number of halogens is 2. The van der Waals surface area contributed by atoms with Crippen molar-refractivity contribution >= 4 is 33.5 Å². The molecule has 2 aromatic carbocycles. The molecule has 0 saturated heterocycles. The normalized spacial score (nSPS) is 10.6. The zero-order valence-corrected chi connectivity index (χ0v) is 13.1. The van der Waals surface area contributed by atoms with Gasteiger partial charge in [-0.2, -0.15) is 9.97 Å². The number of rotatable bonds is 2. The van der Waals surface area contributed by atoms with Crippen LogP contribution in [-0.4, -0.2) is 15.0 Å². The van der Waals surface area contributed by atoms with Crippen LogP contribution in [0.15, 0.2) is 53.0 Å². The Kier molecular flexibility index (Phi) is 3.86. The molecule has 1 aromatic heterocycles. The van der Waals surface area contributed by atoms with E-state index >= 15 is 0 Å². The molecule has 1 heterocycles. The fourth-order valence-corrected chi connectivity index (χ4v) is 2.37. The van der Waals surface area contributed by atoms with Gasteiger partial charge in [-0.15, -0.1) is 0 Å². The smallest absolute Gasteiger partial charge is 0.224 e. The molecular weight excluding hydrogens is 352 g/mol. The Morgan fingerprint density at radius 1 is 0.857 bits per heavy atom. The summed E-state index contributed by atoms with van der Waals surface area (Å²) in [5.74, 6) is 1.24. The van der Waals surface area contributed by atoms with E-state index in [0.717, 1.165) is 15.6 Å². The van der Waals surface area contributed by atoms with Gasteiger partial charge < -0.3 is 5.73 Å². The van der Waals surface area contributed by atoms with Crippen LogP contribution in [0.5, 0.6) is 0 Å². The zero-order valence-electron chi connectivity index (χ0n) is 10.8. The maximum atomic E-state index is 6.00. The number of anilines is 1. The zero-order chi connectivity index (χ0) is 14.8. The van der Waals surface area contributed by atoms with E-state index in [2.05, 4.69) is 30.9 Å². The van der Waals surface area contributed by atoms with E-state index in [0.29, 0.717) is 16.7 Å². The third-order valence-electron chi connectivity index (χ3n) is 2.86. The summed E-state index contributed by atoms with van der Waals surface area (Å²) >= 11 is 9.39. The van der Waals surface area contributed by atoms with Crippen LogP contribution in [0.2, 0.25) is 5.02 Å². The molecule has 3 rings (SSSR count). The summed E-state index contributed by atoms with van der Waals surface area (Å²) in [6.07, 6.45) is 0. The maximum Gasteiger partial charge on any atom is 0.224 e. The molecule has 104 valence electrons. The number of hydrogen-bond donors (Lipinski definition) is 1. The first-order valence-electron chi connectivity index (χ1n) is 6.16. The van der Waals surface area contributed by atoms with Crippen molar-refractivity contribution in [2.24, 2.45) is 0 Å². The average Bonchev–Trinajstić information content (AvgIpc) is 2.50. The van der Waals surface area contributed by atoms with E-state index in [4.69, 9.17) is 17.3 Å². The molecule has 4 nitrogen and oxygen atoms in total. The molecule has 0 atom stereocenters. The van der Waals surface area contributed by atoms with Crippen molar-refractivity contribution in [1.82, 2.24) is 15.0 Å². The third-order valence-corrected chi connectivity index (χ3v) is 4.08. The van der Waals surface area contributed by atoms with Gasteiger partial charge in [0.25, 0.3) is 0 Å². The highest BCUT2D eigenvalue weighted by atomic mass is 79.9. The topological polar surface area (TPSA) is 64.7 Å². The van der Waals surface area contributed by atoms with Crippen molar-refractivity contribution in [3.8, 4) is 22.8 Å². The van der Waals surface area contributed by atoms with Crippen molar-refractivity contribution < 1.29 is 0 Å². The number of hydrogen-bond acceptors (Lipinski definition) is 4. The van der Waals surface area contributed by atoms with E-state index in [9.17, 15) is 0 Å². The van der Waals surface area contributed by atoms with Crippen LogP contribution in [0, 0.1) is 0 Å². The van der Waals surface area contributed by atoms with E-state index in [1.807, 2.05) is 42.5 Å². The van der Waals surface area contributed by atoms with Gasteiger partial charge >= 0.3 is 0 Å². The minimum absolute atomic E-state index is 0.185. The highest BCUT2D eigenvalue weighted by molar-refractivity contribution is 9.10. The molecular formula is C15H10BrClN4. The Balaban J connectivity index is 2.11. The lowest BCUT2D eigenvalue weighted by Crippen LogP contribution is -2.02. The highest BCUT2D eigenvalue weighted by Gasteiger charge is 2.09. The lowest BCUT2D eigenvalue weighted by molar-refractivity contribution is 1.08. The Bertz CT molecular complexity index is 793. The van der Waals surface area contributed by atoms with Gasteiger partial charge in [-0.1, -0.05) is 41.9 Å². The Morgan fingerprint density at radius 2 is 1.52 bits per heavy atom. The molecule has 0 radical (unpaired) electrons. The van der Waals surface area contributed by atoms with Gasteiger partial charge in [0.1, 0.15) is 0 Å². The van der Waals surface area contributed by atoms with Gasteiger partial charge in [0.05, 0.1) is 5.02 Å². The fraction of sp³-hybridized carbons (Fsp3) is 0. The largest absolute Gasteiger partial charge is 0.368 e. The summed E-state index contributed by atoms with van der Waals surface area (Å²) in [6, 6.07) is 15.1. The van der Waals surface area contributed by atoms with Crippen molar-refractivity contribution in [2.75, 3.05) is 5.73 Å². The first kappa shape index (κ1) is 14.0. The van der Waals surface area contributed by atoms with Gasteiger partial charge in [-0.3, -0.25) is 0 Å². The predicted molar refractivity (Wildman–Crippen MR) is 87.8 cm³/mol. The van der Waals surface area contributed by atoms with Gasteiger partial charge in [-0.25, -0.2) is 4.98 Å². The second kappa shape index (κ2) is 5.79. The van der Waals surface area contributed by atoms with Gasteiger partial charge in [0.15, 0.2) is 11.6 Å². The molecule has 0 aliphatic carbocycles. The first-order valence-corrected chi connectivity index (χ1v) is 7.33. The molecule has 6 heteroatoms. The number of benzene rings is 2. The summed E-state index contributed by atoms with van der Waals surface area (Å²) < 4.78 is 0.780. The Labute approximate surface area is 135 Å². The number of nitrogens with two attached hydrogens (primary N) is 1. The highest BCUT2D eigenvalue weighted by Crippen LogP contribution is 2.28. The van der Waals surface area contributed by atoms with E-state index in [1.165, 1.54) is 0 Å². The van der Waals surface area contributed by atoms with Crippen LogP contribution in [0.1, 0.15) is 0 Å². The standard InChI is InChI=1S/C15H10BrClN4/c16-11-8-10(6-7-12(11)17)14-19-13(20-15(18)21-14)9-4-2-1-3-5-9/h1-8H,(H2,18,19,20,21). The van der Waals surface area contributed by atoms with Crippen molar-refractivity contribution in [3.63, 3.8) is 0 Å². The van der Waals surface area contributed by atoms with Crippen LogP contribution in [0.4, 0.5) is 5.95 Å². The molecule has 0 aliphatic rings. The second-order valence-corrected chi connectivity index (χ2v) is 5.60. The average molecular weight is 362 g/mol. The van der Waals surface area contributed by atoms with Crippen molar-refractivity contribution in [2.45, 2.75) is 0 Å². The summed E-state index contributed by atoms with van der Waals surface area (Å²) in [4.78, 5) is 12.9. The first-order chi connectivity index (χ1) is 10.1. The van der Waals surface area contributed by atoms with E-state index in [1.54, 1.807) is 6.07 Å². The van der Waals surface area contributed by atoms with Gasteiger partial charge in [0.2, 0.25) is 5.95 Å². The third kappa shape index (κ3) is 3.04. The molecule has 0 unspecified atom stereocenters. The molecule has 2 N–H and O–H groups in total. The van der Waals surface area contributed by atoms with Crippen LogP contribution in [0.3, 0.4) is 0 Å². The number of nitrogen functional groups attached to an aromatic ring is 1. The van der Waals surface area contributed by atoms with Crippen molar-refractivity contribution in [3.05, 3.63) is 58.0 Å². The minimum Gasteiger partial charge on any atom is -0.368 e. The lowest BCUT2D eigenvalue weighted by Gasteiger charge is -2.06. The Hall–Kier alpha value is -1.98. The molecule has 21 heavy (non-hydrogen) atoms. The predicted octanol–water partition coefficient (Wildman–Crippen LogP) is 4.20. The molecule has 0 saturated carbocycles. The summed E-state index contributed by atoms with van der Waals surface area (Å²) in [6.45, 7) is 0. The minimum atomic E-state index is 0.185. The molecule has 3 aromatic rings. The fourth-order valence-electron chi connectivity index (χ4n) is 1.87. The molecule has 0 amide bonds. The monoisotopic (exact) mass is 360 g/mol. The number of nitrogens with zero attached hydrogens (tertiary/aromatic N) is 3. The van der Waals surface area contributed by atoms with Gasteiger partial charge in [-0.05, 0) is 34.1 Å². The molecule has 0 fully saturated rings. The molecule has 0 bridgehead atoms. The van der Waals surface area contributed by atoms with Crippen LogP contribution in [-0.2, 0) is 0 Å². The maximum absolute atomic E-state index is 6.00. The summed E-state index contributed by atoms with van der Waals surface area (Å²) in [5.41, 5.74) is 7.51. The van der Waals surface area contributed by atoms with Crippen molar-refractivity contribution in [1.29, 1.82) is 0 Å². The summed E-state index contributed by atoms with van der Waals surface area (Å²) in [5, 5.41) is 0.629. The lowest BCUT2D eigenvalue weighted by atomic mass is 10.2. The second-order valence-electron chi connectivity index (χ2n) is 4.34. The Morgan fingerprint density at radius 3 is 2.19 bits per heavy atom.